The van der Waals surface area contributed by atoms with Crippen LogP contribution in [-0.4, -0.2) is 28.9 Å². The molecule has 0 radical (unpaired) electrons. The number of nitrogens with two attached hydrogens (primary N) is 1. The summed E-state index contributed by atoms with van der Waals surface area (Å²) in [6.07, 6.45) is 5.47. The standard InChI is InChI=1S/C18H19N3O3S/c1-21-8-14(11-4-5-20-16(11)17(21)22)13-6-10(9-25-3)12(7-15(13)19)18(23)24-2/h4-8,20H,9,19H2,1-3H3. The van der Waals surface area contributed by atoms with Gasteiger partial charge in [-0.3, -0.25) is 4.79 Å². The molecule has 130 valence electrons. The number of nitrogens with one attached hydrogen (secondary N) is 1. The van der Waals surface area contributed by atoms with Crippen molar-refractivity contribution >= 4 is 34.3 Å². The van der Waals surface area contributed by atoms with Gasteiger partial charge in [0.1, 0.15) is 5.52 Å². The number of methoxy groups -OCH3 is 1. The third-order valence-electron chi connectivity index (χ3n) is 4.16. The van der Waals surface area contributed by atoms with Crippen LogP contribution in [0.25, 0.3) is 22.0 Å². The number of carbonyl (C=O) groups excluding carboxylic acids is 1. The monoisotopic (exact) mass is 357 g/mol. The lowest BCUT2D eigenvalue weighted by Crippen LogP contribution is -2.16. The SMILES string of the molecule is COC(=O)c1cc(N)c(-c2cn(C)c(=O)c3[nH]ccc23)cc1CSC. The van der Waals surface area contributed by atoms with Crippen LogP contribution in [0.4, 0.5) is 5.69 Å². The van der Waals surface area contributed by atoms with E-state index in [1.165, 1.54) is 11.7 Å². The summed E-state index contributed by atoms with van der Waals surface area (Å²) >= 11 is 1.61. The number of benzene rings is 1. The number of nitrogens with zero attached hydrogens (tertiary/aromatic N) is 1. The van der Waals surface area contributed by atoms with E-state index in [2.05, 4.69) is 4.98 Å². The second-order valence-electron chi connectivity index (χ2n) is 5.75. The van der Waals surface area contributed by atoms with Gasteiger partial charge >= 0.3 is 5.97 Å². The Hall–Kier alpha value is -2.67. The number of anilines is 1. The van der Waals surface area contributed by atoms with Crippen LogP contribution in [0.1, 0.15) is 15.9 Å². The molecule has 0 saturated carbocycles. The van der Waals surface area contributed by atoms with Gasteiger partial charge in [0.25, 0.3) is 5.56 Å². The second-order valence-corrected chi connectivity index (χ2v) is 6.61. The Kier molecular flexibility index (Phi) is 4.59. The normalized spacial score (nSPS) is 11.0. The number of esters is 1. The molecule has 3 rings (SSSR count). The topological polar surface area (TPSA) is 90.1 Å². The molecule has 25 heavy (non-hydrogen) atoms. The largest absolute Gasteiger partial charge is 0.465 e. The van der Waals surface area contributed by atoms with Crippen LogP contribution in [0, 0.1) is 0 Å². The van der Waals surface area contributed by atoms with E-state index < -0.39 is 5.97 Å². The quantitative estimate of drug-likeness (QED) is 0.553. The Morgan fingerprint density at radius 1 is 1.36 bits per heavy atom. The summed E-state index contributed by atoms with van der Waals surface area (Å²) in [4.78, 5) is 27.3. The predicted octanol–water partition coefficient (Wildman–Crippen LogP) is 2.77. The number of hydrogen-bond donors (Lipinski definition) is 2. The predicted molar refractivity (Wildman–Crippen MR) is 102 cm³/mol. The molecule has 0 aliphatic rings. The summed E-state index contributed by atoms with van der Waals surface area (Å²) in [6, 6.07) is 5.41. The van der Waals surface area contributed by atoms with Gasteiger partial charge in [-0.25, -0.2) is 4.79 Å². The average molecular weight is 357 g/mol. The molecular formula is C18H19N3O3S. The first-order valence-electron chi connectivity index (χ1n) is 7.64. The van der Waals surface area contributed by atoms with Gasteiger partial charge in [0, 0.05) is 47.4 Å². The molecule has 7 heteroatoms. The van der Waals surface area contributed by atoms with Gasteiger partial charge in [-0.2, -0.15) is 11.8 Å². The zero-order valence-electron chi connectivity index (χ0n) is 14.3. The van der Waals surface area contributed by atoms with E-state index in [9.17, 15) is 9.59 Å². The van der Waals surface area contributed by atoms with Gasteiger partial charge in [-0.15, -0.1) is 0 Å². The number of rotatable bonds is 4. The third kappa shape index (κ3) is 2.91. The summed E-state index contributed by atoms with van der Waals surface area (Å²) < 4.78 is 6.39. The van der Waals surface area contributed by atoms with E-state index in [1.54, 1.807) is 37.3 Å². The van der Waals surface area contributed by atoms with E-state index in [1.807, 2.05) is 18.4 Å². The van der Waals surface area contributed by atoms with Crippen LogP contribution >= 0.6 is 11.8 Å². The highest BCUT2D eigenvalue weighted by Gasteiger charge is 2.18. The Balaban J connectivity index is 2.30. The molecule has 0 aliphatic carbocycles. The first-order chi connectivity index (χ1) is 12.0. The zero-order chi connectivity index (χ0) is 18.1. The van der Waals surface area contributed by atoms with Crippen molar-refractivity contribution in [2.45, 2.75) is 5.75 Å². The number of aromatic nitrogens is 2. The van der Waals surface area contributed by atoms with Gasteiger partial charge < -0.3 is 20.0 Å². The molecule has 0 unspecified atom stereocenters. The molecule has 2 aromatic heterocycles. The molecule has 0 bridgehead atoms. The van der Waals surface area contributed by atoms with Crippen LogP contribution in [0.5, 0.6) is 0 Å². The minimum absolute atomic E-state index is 0.0992. The first kappa shape index (κ1) is 17.2. The number of hydrogen-bond acceptors (Lipinski definition) is 5. The molecule has 0 atom stereocenters. The number of carbonyl (C=O) groups is 1. The summed E-state index contributed by atoms with van der Waals surface area (Å²) in [5.41, 5.74) is 10.1. The summed E-state index contributed by atoms with van der Waals surface area (Å²) in [5.74, 6) is 0.245. The maximum absolute atomic E-state index is 12.2. The van der Waals surface area contributed by atoms with Crippen molar-refractivity contribution in [1.29, 1.82) is 0 Å². The van der Waals surface area contributed by atoms with Crippen molar-refractivity contribution in [1.82, 2.24) is 9.55 Å². The van der Waals surface area contributed by atoms with Gasteiger partial charge in [-0.05, 0) is 30.0 Å². The molecule has 2 heterocycles. The van der Waals surface area contributed by atoms with E-state index in [0.29, 0.717) is 22.5 Å². The number of pyridine rings is 1. The number of thioether (sulfide) groups is 1. The van der Waals surface area contributed by atoms with Crippen molar-refractivity contribution in [3.63, 3.8) is 0 Å². The highest BCUT2D eigenvalue weighted by Crippen LogP contribution is 2.34. The fourth-order valence-corrected chi connectivity index (χ4v) is 3.50. The fraction of sp³-hybridized carbons (Fsp3) is 0.222. The molecule has 0 spiro atoms. The maximum atomic E-state index is 12.2. The van der Waals surface area contributed by atoms with Crippen LogP contribution in [0.3, 0.4) is 0 Å². The molecule has 3 aromatic rings. The van der Waals surface area contributed by atoms with Crippen molar-refractivity contribution in [2.75, 3.05) is 19.1 Å². The lowest BCUT2D eigenvalue weighted by atomic mass is 9.96. The highest BCUT2D eigenvalue weighted by atomic mass is 32.2. The average Bonchev–Trinajstić information content (AvgIpc) is 3.09. The lowest BCUT2D eigenvalue weighted by molar-refractivity contribution is 0.0600. The van der Waals surface area contributed by atoms with E-state index >= 15 is 0 Å². The molecule has 0 fully saturated rings. The molecule has 0 aliphatic heterocycles. The molecular weight excluding hydrogens is 338 g/mol. The summed E-state index contributed by atoms with van der Waals surface area (Å²) in [7, 11) is 3.06. The van der Waals surface area contributed by atoms with Crippen molar-refractivity contribution in [2.24, 2.45) is 7.05 Å². The first-order valence-corrected chi connectivity index (χ1v) is 9.04. The Bertz CT molecular complexity index is 1020. The van der Waals surface area contributed by atoms with Gasteiger partial charge in [0.15, 0.2) is 0 Å². The number of aryl methyl sites for hydroxylation is 1. The van der Waals surface area contributed by atoms with Crippen molar-refractivity contribution in [3.05, 3.63) is 52.1 Å². The van der Waals surface area contributed by atoms with E-state index in [-0.39, 0.29) is 5.56 Å². The van der Waals surface area contributed by atoms with E-state index in [4.69, 9.17) is 10.5 Å². The lowest BCUT2D eigenvalue weighted by Gasteiger charge is -2.14. The molecule has 0 saturated heterocycles. The minimum atomic E-state index is -0.408. The Morgan fingerprint density at radius 3 is 2.80 bits per heavy atom. The zero-order valence-corrected chi connectivity index (χ0v) is 15.1. The molecule has 6 nitrogen and oxygen atoms in total. The smallest absolute Gasteiger partial charge is 0.338 e. The Morgan fingerprint density at radius 2 is 2.12 bits per heavy atom. The van der Waals surface area contributed by atoms with Crippen molar-refractivity contribution in [3.8, 4) is 11.1 Å². The van der Waals surface area contributed by atoms with Crippen LogP contribution in [-0.2, 0) is 17.5 Å². The van der Waals surface area contributed by atoms with Crippen molar-refractivity contribution < 1.29 is 9.53 Å². The van der Waals surface area contributed by atoms with Crippen LogP contribution < -0.4 is 11.3 Å². The second kappa shape index (κ2) is 6.68. The number of H-pyrrole nitrogens is 1. The number of aromatic amines is 1. The van der Waals surface area contributed by atoms with Crippen LogP contribution in [0.2, 0.25) is 0 Å². The third-order valence-corrected chi connectivity index (χ3v) is 4.76. The Labute approximate surface area is 149 Å². The van der Waals surface area contributed by atoms with Gasteiger partial charge in [0.2, 0.25) is 0 Å². The number of fused-ring (bicyclic) bond motifs is 1. The molecule has 3 N–H and O–H groups in total. The van der Waals surface area contributed by atoms with Gasteiger partial charge in [-0.1, -0.05) is 0 Å². The highest BCUT2D eigenvalue weighted by molar-refractivity contribution is 7.97. The van der Waals surface area contributed by atoms with Gasteiger partial charge in [0.05, 0.1) is 12.7 Å². The van der Waals surface area contributed by atoms with Crippen LogP contribution in [0.15, 0.2) is 35.4 Å². The van der Waals surface area contributed by atoms with E-state index in [0.717, 1.165) is 22.1 Å². The molecule has 0 amide bonds. The maximum Gasteiger partial charge on any atom is 0.338 e. The number of nitrogen functional groups attached to an aromatic ring is 1. The minimum Gasteiger partial charge on any atom is -0.465 e. The molecule has 1 aromatic carbocycles. The summed E-state index contributed by atoms with van der Waals surface area (Å²) in [5, 5.41) is 0.802. The fourth-order valence-electron chi connectivity index (χ4n) is 2.95. The summed E-state index contributed by atoms with van der Waals surface area (Å²) in [6.45, 7) is 0. The number of ether oxygens (including phenoxy) is 1.